The number of fused-ring (bicyclic) bond motifs is 1. The van der Waals surface area contributed by atoms with Crippen LogP contribution >= 0.6 is 0 Å². The zero-order chi connectivity index (χ0) is 13.8. The van der Waals surface area contributed by atoms with Gasteiger partial charge in [0.2, 0.25) is 0 Å². The molecule has 20 heavy (non-hydrogen) atoms. The maximum atomic E-state index is 9.27. The Morgan fingerprint density at radius 2 is 2.25 bits per heavy atom. The molecule has 2 aliphatic heterocycles. The molecule has 1 fully saturated rings. The molecule has 0 saturated carbocycles. The number of aromatic nitrogens is 3. The van der Waals surface area contributed by atoms with E-state index in [9.17, 15) is 5.11 Å². The first-order valence-electron chi connectivity index (χ1n) is 7.84. The van der Waals surface area contributed by atoms with Gasteiger partial charge in [-0.1, -0.05) is 0 Å². The van der Waals surface area contributed by atoms with Gasteiger partial charge in [-0.3, -0.25) is 4.90 Å². The minimum atomic E-state index is 0.202. The normalized spacial score (nSPS) is 22.4. The molecule has 3 heterocycles. The molecule has 1 aromatic rings. The zero-order valence-corrected chi connectivity index (χ0v) is 12.1. The molecule has 0 aliphatic carbocycles. The van der Waals surface area contributed by atoms with Gasteiger partial charge in [-0.2, -0.15) is 0 Å². The molecule has 0 aromatic carbocycles. The minimum absolute atomic E-state index is 0.202. The molecule has 1 atom stereocenters. The summed E-state index contributed by atoms with van der Waals surface area (Å²) in [6, 6.07) is 0.560. The van der Waals surface area contributed by atoms with Crippen LogP contribution in [0, 0.1) is 0 Å². The van der Waals surface area contributed by atoms with Crippen LogP contribution in [0.2, 0.25) is 0 Å². The first kappa shape index (κ1) is 14.0. The second-order valence-electron chi connectivity index (χ2n) is 5.89. The summed E-state index contributed by atoms with van der Waals surface area (Å²) in [5.74, 6) is 2.19. The maximum Gasteiger partial charge on any atom is 0.147 e. The van der Waals surface area contributed by atoms with Gasteiger partial charge in [0.25, 0.3) is 0 Å². The lowest BCUT2D eigenvalue weighted by Crippen LogP contribution is -2.39. The maximum absolute atomic E-state index is 9.27. The van der Waals surface area contributed by atoms with Crippen LogP contribution in [-0.4, -0.2) is 57.1 Å². The third-order valence-corrected chi connectivity index (χ3v) is 4.36. The molecule has 0 bridgehead atoms. The van der Waals surface area contributed by atoms with Crippen LogP contribution in [-0.2, 0) is 19.5 Å². The lowest BCUT2D eigenvalue weighted by Gasteiger charge is -2.25. The average Bonchev–Trinajstić information content (AvgIpc) is 3.10. The van der Waals surface area contributed by atoms with Crippen LogP contribution in [0.1, 0.15) is 37.3 Å². The summed E-state index contributed by atoms with van der Waals surface area (Å²) < 4.78 is 2.27. The monoisotopic (exact) mass is 279 g/mol. The van der Waals surface area contributed by atoms with Gasteiger partial charge < -0.3 is 15.0 Å². The molecule has 3 rings (SSSR count). The van der Waals surface area contributed by atoms with Crippen molar-refractivity contribution in [3.63, 3.8) is 0 Å². The Hall–Kier alpha value is -0.980. The standard InChI is InChI=1S/C14H25N5O/c20-9-8-18(10-12-4-3-6-15-12)11-14-17-16-13-5-1-2-7-19(13)14/h12,15,20H,1-11H2. The van der Waals surface area contributed by atoms with Crippen LogP contribution < -0.4 is 5.32 Å². The van der Waals surface area contributed by atoms with E-state index in [2.05, 4.69) is 25.0 Å². The van der Waals surface area contributed by atoms with E-state index < -0.39 is 0 Å². The summed E-state index contributed by atoms with van der Waals surface area (Å²) in [6.07, 6.45) is 6.00. The predicted molar refractivity (Wildman–Crippen MR) is 76.3 cm³/mol. The molecule has 2 N–H and O–H groups in total. The van der Waals surface area contributed by atoms with E-state index in [1.165, 1.54) is 25.7 Å². The van der Waals surface area contributed by atoms with E-state index in [4.69, 9.17) is 0 Å². The molecule has 1 saturated heterocycles. The molecule has 0 radical (unpaired) electrons. The highest BCUT2D eigenvalue weighted by Gasteiger charge is 2.21. The van der Waals surface area contributed by atoms with E-state index >= 15 is 0 Å². The Labute approximate surface area is 120 Å². The first-order chi connectivity index (χ1) is 9.86. The van der Waals surface area contributed by atoms with Crippen LogP contribution in [0.4, 0.5) is 0 Å². The molecule has 6 nitrogen and oxygen atoms in total. The van der Waals surface area contributed by atoms with Crippen molar-refractivity contribution in [3.05, 3.63) is 11.6 Å². The fourth-order valence-electron chi connectivity index (χ4n) is 3.29. The Bertz CT molecular complexity index is 427. The van der Waals surface area contributed by atoms with Gasteiger partial charge in [-0.05, 0) is 32.2 Å². The van der Waals surface area contributed by atoms with E-state index in [0.717, 1.165) is 44.2 Å². The van der Waals surface area contributed by atoms with E-state index in [0.29, 0.717) is 12.6 Å². The van der Waals surface area contributed by atoms with Gasteiger partial charge in [0.05, 0.1) is 13.2 Å². The summed E-state index contributed by atoms with van der Waals surface area (Å²) in [5.41, 5.74) is 0. The Balaban J connectivity index is 1.64. The third-order valence-electron chi connectivity index (χ3n) is 4.36. The van der Waals surface area contributed by atoms with Crippen molar-refractivity contribution in [1.29, 1.82) is 0 Å². The third kappa shape index (κ3) is 3.19. The quantitative estimate of drug-likeness (QED) is 0.776. The van der Waals surface area contributed by atoms with Crippen molar-refractivity contribution in [3.8, 4) is 0 Å². The molecule has 1 aromatic heterocycles. The summed E-state index contributed by atoms with van der Waals surface area (Å²) in [7, 11) is 0. The van der Waals surface area contributed by atoms with Crippen molar-refractivity contribution >= 4 is 0 Å². The van der Waals surface area contributed by atoms with Gasteiger partial charge in [-0.15, -0.1) is 10.2 Å². The van der Waals surface area contributed by atoms with E-state index in [-0.39, 0.29) is 6.61 Å². The Kier molecular flexibility index (Phi) is 4.65. The molecule has 6 heteroatoms. The smallest absolute Gasteiger partial charge is 0.147 e. The number of rotatable bonds is 6. The molecule has 1 unspecified atom stereocenters. The van der Waals surface area contributed by atoms with Crippen LogP contribution in [0.3, 0.4) is 0 Å². The van der Waals surface area contributed by atoms with Crippen molar-refractivity contribution in [2.45, 2.75) is 51.2 Å². The zero-order valence-electron chi connectivity index (χ0n) is 12.1. The molecule has 2 aliphatic rings. The SMILES string of the molecule is OCCN(Cc1nnc2n1CCCC2)CC1CCCN1. The molecular weight excluding hydrogens is 254 g/mol. The van der Waals surface area contributed by atoms with Crippen LogP contribution in [0.5, 0.6) is 0 Å². The van der Waals surface area contributed by atoms with Crippen LogP contribution in [0.25, 0.3) is 0 Å². The number of hydrogen-bond acceptors (Lipinski definition) is 5. The highest BCUT2D eigenvalue weighted by Crippen LogP contribution is 2.16. The number of nitrogens with zero attached hydrogens (tertiary/aromatic N) is 4. The number of aryl methyl sites for hydroxylation is 1. The van der Waals surface area contributed by atoms with E-state index in [1.54, 1.807) is 0 Å². The van der Waals surface area contributed by atoms with Gasteiger partial charge in [0, 0.05) is 32.1 Å². The van der Waals surface area contributed by atoms with Gasteiger partial charge >= 0.3 is 0 Å². The van der Waals surface area contributed by atoms with Crippen molar-refractivity contribution in [1.82, 2.24) is 25.0 Å². The summed E-state index contributed by atoms with van der Waals surface area (Å²) in [4.78, 5) is 2.30. The van der Waals surface area contributed by atoms with Gasteiger partial charge in [0.15, 0.2) is 0 Å². The Morgan fingerprint density at radius 3 is 3.05 bits per heavy atom. The lowest BCUT2D eigenvalue weighted by molar-refractivity contribution is 0.174. The highest BCUT2D eigenvalue weighted by atomic mass is 16.3. The predicted octanol–water partition coefficient (Wildman–Crippen LogP) is 0.161. The molecular formula is C14H25N5O. The number of nitrogens with one attached hydrogen (secondary N) is 1. The molecule has 112 valence electrons. The second-order valence-corrected chi connectivity index (χ2v) is 5.89. The topological polar surface area (TPSA) is 66.2 Å². The largest absolute Gasteiger partial charge is 0.395 e. The summed E-state index contributed by atoms with van der Waals surface area (Å²) in [6.45, 7) is 4.87. The highest BCUT2D eigenvalue weighted by molar-refractivity contribution is 4.99. The Morgan fingerprint density at radius 1 is 1.30 bits per heavy atom. The number of aliphatic hydroxyl groups excluding tert-OH is 1. The lowest BCUT2D eigenvalue weighted by atomic mass is 10.1. The second kappa shape index (κ2) is 6.65. The summed E-state index contributed by atoms with van der Waals surface area (Å²) >= 11 is 0. The minimum Gasteiger partial charge on any atom is -0.395 e. The van der Waals surface area contributed by atoms with Crippen molar-refractivity contribution < 1.29 is 5.11 Å². The van der Waals surface area contributed by atoms with Crippen molar-refractivity contribution in [2.75, 3.05) is 26.2 Å². The molecule has 0 spiro atoms. The fraction of sp³-hybridized carbons (Fsp3) is 0.857. The summed E-state index contributed by atoms with van der Waals surface area (Å²) in [5, 5.41) is 21.5. The molecule has 0 amide bonds. The van der Waals surface area contributed by atoms with Gasteiger partial charge in [-0.25, -0.2) is 0 Å². The average molecular weight is 279 g/mol. The van der Waals surface area contributed by atoms with Gasteiger partial charge in [0.1, 0.15) is 11.6 Å². The fourth-order valence-corrected chi connectivity index (χ4v) is 3.29. The van der Waals surface area contributed by atoms with Crippen LogP contribution in [0.15, 0.2) is 0 Å². The number of aliphatic hydroxyl groups is 1. The van der Waals surface area contributed by atoms with Crippen molar-refractivity contribution in [2.24, 2.45) is 0 Å². The first-order valence-corrected chi connectivity index (χ1v) is 7.84. The number of hydrogen-bond donors (Lipinski definition) is 2. The van der Waals surface area contributed by atoms with E-state index in [1.807, 2.05) is 0 Å².